The molecule has 3 heteroatoms. The van der Waals surface area contributed by atoms with Gasteiger partial charge in [0, 0.05) is 24.1 Å². The third-order valence-corrected chi connectivity index (χ3v) is 4.41. The van der Waals surface area contributed by atoms with E-state index in [0.717, 1.165) is 32.7 Å². The van der Waals surface area contributed by atoms with E-state index in [4.69, 9.17) is 10.5 Å². The van der Waals surface area contributed by atoms with Gasteiger partial charge in [-0.05, 0) is 26.4 Å². The maximum absolute atomic E-state index is 6.53. The molecular weight excluding hydrogens is 200 g/mol. The van der Waals surface area contributed by atoms with E-state index < -0.39 is 0 Å². The van der Waals surface area contributed by atoms with Crippen LogP contribution in [0.25, 0.3) is 0 Å². The number of hydrogen-bond acceptors (Lipinski definition) is 3. The molecule has 0 aromatic carbocycles. The lowest BCUT2D eigenvalue weighted by atomic mass is 9.54. The van der Waals surface area contributed by atoms with Gasteiger partial charge in [-0.2, -0.15) is 0 Å². The molecule has 3 nitrogen and oxygen atoms in total. The molecule has 0 amide bonds. The summed E-state index contributed by atoms with van der Waals surface area (Å²) in [6.45, 7) is 14.8. The quantitative estimate of drug-likeness (QED) is 0.754. The first-order chi connectivity index (χ1) is 7.41. The minimum Gasteiger partial charge on any atom is -0.378 e. The van der Waals surface area contributed by atoms with Crippen molar-refractivity contribution in [1.82, 2.24) is 4.90 Å². The molecule has 0 bridgehead atoms. The molecule has 1 saturated carbocycles. The van der Waals surface area contributed by atoms with Crippen molar-refractivity contribution in [3.05, 3.63) is 0 Å². The average molecular weight is 228 g/mol. The van der Waals surface area contributed by atoms with Crippen LogP contribution in [-0.2, 0) is 4.74 Å². The molecule has 1 rings (SSSR count). The Hall–Kier alpha value is -0.120. The number of ether oxygens (including phenoxy) is 1. The van der Waals surface area contributed by atoms with Crippen molar-refractivity contribution in [1.29, 1.82) is 0 Å². The van der Waals surface area contributed by atoms with E-state index >= 15 is 0 Å². The van der Waals surface area contributed by atoms with Crippen LogP contribution in [0.4, 0.5) is 0 Å². The van der Waals surface area contributed by atoms with Crippen molar-refractivity contribution >= 4 is 0 Å². The summed E-state index contributed by atoms with van der Waals surface area (Å²) in [7, 11) is 0. The molecule has 16 heavy (non-hydrogen) atoms. The van der Waals surface area contributed by atoms with Gasteiger partial charge < -0.3 is 15.4 Å². The lowest BCUT2D eigenvalue weighted by Crippen LogP contribution is -2.73. The van der Waals surface area contributed by atoms with E-state index in [1.807, 2.05) is 0 Å². The summed E-state index contributed by atoms with van der Waals surface area (Å²) in [5.41, 5.74) is 6.54. The Kier molecular flexibility index (Phi) is 4.38. The zero-order valence-electron chi connectivity index (χ0n) is 11.5. The van der Waals surface area contributed by atoms with Gasteiger partial charge in [0.05, 0.1) is 6.10 Å². The van der Waals surface area contributed by atoms with E-state index in [0.29, 0.717) is 6.10 Å². The number of likely N-dealkylation sites (N-methyl/N-ethyl adjacent to an activating group) is 1. The SMILES string of the molecule is CCOC1CC(N)(CN(CC)CC)C1(C)C. The van der Waals surface area contributed by atoms with Crippen LogP contribution >= 0.6 is 0 Å². The lowest BCUT2D eigenvalue weighted by Gasteiger charge is -2.60. The highest BCUT2D eigenvalue weighted by Crippen LogP contribution is 2.49. The van der Waals surface area contributed by atoms with Crippen molar-refractivity contribution in [2.75, 3.05) is 26.2 Å². The smallest absolute Gasteiger partial charge is 0.0662 e. The van der Waals surface area contributed by atoms with Crippen molar-refractivity contribution in [2.24, 2.45) is 11.1 Å². The third kappa shape index (κ3) is 2.27. The van der Waals surface area contributed by atoms with Crippen LogP contribution in [0.1, 0.15) is 41.0 Å². The van der Waals surface area contributed by atoms with Crippen LogP contribution in [0, 0.1) is 5.41 Å². The molecule has 2 N–H and O–H groups in total. The van der Waals surface area contributed by atoms with Gasteiger partial charge in [-0.25, -0.2) is 0 Å². The van der Waals surface area contributed by atoms with Gasteiger partial charge >= 0.3 is 0 Å². The van der Waals surface area contributed by atoms with Crippen LogP contribution in [-0.4, -0.2) is 42.8 Å². The number of hydrogen-bond donors (Lipinski definition) is 1. The number of rotatable bonds is 6. The summed E-state index contributed by atoms with van der Waals surface area (Å²) < 4.78 is 5.74. The molecule has 1 aliphatic rings. The van der Waals surface area contributed by atoms with Gasteiger partial charge in [-0.1, -0.05) is 27.7 Å². The van der Waals surface area contributed by atoms with Crippen LogP contribution in [0.2, 0.25) is 0 Å². The van der Waals surface area contributed by atoms with E-state index in [-0.39, 0.29) is 11.0 Å². The lowest BCUT2D eigenvalue weighted by molar-refractivity contribution is -0.156. The second kappa shape index (κ2) is 5.03. The molecule has 0 aromatic heterocycles. The Bertz CT molecular complexity index is 226. The predicted octanol–water partition coefficient (Wildman–Crippen LogP) is 1.86. The summed E-state index contributed by atoms with van der Waals surface area (Å²) in [6, 6.07) is 0. The molecular formula is C13H28N2O. The minimum atomic E-state index is -0.0845. The minimum absolute atomic E-state index is 0.0845. The molecule has 0 aromatic rings. The molecule has 1 aliphatic carbocycles. The molecule has 2 unspecified atom stereocenters. The first kappa shape index (κ1) is 13.9. The summed E-state index contributed by atoms with van der Waals surface area (Å²) in [5.74, 6) is 0. The number of nitrogens with zero attached hydrogens (tertiary/aromatic N) is 1. The maximum atomic E-state index is 6.53. The van der Waals surface area contributed by atoms with E-state index in [1.54, 1.807) is 0 Å². The van der Waals surface area contributed by atoms with Gasteiger partial charge in [0.15, 0.2) is 0 Å². The molecule has 2 atom stereocenters. The van der Waals surface area contributed by atoms with Crippen LogP contribution in [0.15, 0.2) is 0 Å². The normalized spacial score (nSPS) is 32.8. The second-order valence-corrected chi connectivity index (χ2v) is 5.49. The second-order valence-electron chi connectivity index (χ2n) is 5.49. The van der Waals surface area contributed by atoms with Crippen molar-refractivity contribution < 1.29 is 4.74 Å². The van der Waals surface area contributed by atoms with E-state index in [1.165, 1.54) is 0 Å². The number of nitrogens with two attached hydrogens (primary N) is 1. The van der Waals surface area contributed by atoms with Crippen molar-refractivity contribution in [3.8, 4) is 0 Å². The highest BCUT2D eigenvalue weighted by molar-refractivity contribution is 5.14. The zero-order valence-corrected chi connectivity index (χ0v) is 11.5. The Balaban J connectivity index is 2.60. The molecule has 0 aliphatic heterocycles. The Morgan fingerprint density at radius 3 is 2.19 bits per heavy atom. The van der Waals surface area contributed by atoms with Gasteiger partial charge in [0.25, 0.3) is 0 Å². The van der Waals surface area contributed by atoms with E-state index in [2.05, 4.69) is 39.5 Å². The van der Waals surface area contributed by atoms with Gasteiger partial charge in [-0.3, -0.25) is 0 Å². The summed E-state index contributed by atoms with van der Waals surface area (Å²) >= 11 is 0. The fourth-order valence-corrected chi connectivity index (χ4v) is 2.62. The van der Waals surface area contributed by atoms with Crippen LogP contribution < -0.4 is 5.73 Å². The third-order valence-electron chi connectivity index (χ3n) is 4.41. The fourth-order valence-electron chi connectivity index (χ4n) is 2.62. The Labute approximate surface area is 100 Å². The van der Waals surface area contributed by atoms with Gasteiger partial charge in [0.2, 0.25) is 0 Å². The topological polar surface area (TPSA) is 38.5 Å². The maximum Gasteiger partial charge on any atom is 0.0662 e. The summed E-state index contributed by atoms with van der Waals surface area (Å²) in [4.78, 5) is 2.41. The fraction of sp³-hybridized carbons (Fsp3) is 1.00. The Morgan fingerprint density at radius 1 is 1.25 bits per heavy atom. The monoisotopic (exact) mass is 228 g/mol. The highest BCUT2D eigenvalue weighted by atomic mass is 16.5. The molecule has 96 valence electrons. The van der Waals surface area contributed by atoms with Crippen LogP contribution in [0.3, 0.4) is 0 Å². The zero-order chi connectivity index (χ0) is 12.4. The van der Waals surface area contributed by atoms with Crippen LogP contribution in [0.5, 0.6) is 0 Å². The standard InChI is InChI=1S/C13H28N2O/c1-6-15(7-2)10-13(14)9-11(16-8-3)12(13,4)5/h11H,6-10,14H2,1-5H3. The first-order valence-electron chi connectivity index (χ1n) is 6.54. The molecule has 0 saturated heterocycles. The van der Waals surface area contributed by atoms with Gasteiger partial charge in [-0.15, -0.1) is 0 Å². The highest BCUT2D eigenvalue weighted by Gasteiger charge is 2.58. The molecule has 0 radical (unpaired) electrons. The molecule has 0 spiro atoms. The molecule has 0 heterocycles. The van der Waals surface area contributed by atoms with E-state index in [9.17, 15) is 0 Å². The molecule has 1 fully saturated rings. The average Bonchev–Trinajstić information content (AvgIpc) is 2.25. The summed E-state index contributed by atoms with van der Waals surface area (Å²) in [5, 5.41) is 0. The first-order valence-corrected chi connectivity index (χ1v) is 6.54. The predicted molar refractivity (Wildman–Crippen MR) is 68.5 cm³/mol. The van der Waals surface area contributed by atoms with Crippen molar-refractivity contribution in [2.45, 2.75) is 52.7 Å². The largest absolute Gasteiger partial charge is 0.378 e. The van der Waals surface area contributed by atoms with Crippen molar-refractivity contribution in [3.63, 3.8) is 0 Å². The Morgan fingerprint density at radius 2 is 1.81 bits per heavy atom. The van der Waals surface area contributed by atoms with Gasteiger partial charge in [0.1, 0.15) is 0 Å². The summed E-state index contributed by atoms with van der Waals surface area (Å²) in [6.07, 6.45) is 1.32.